The second-order valence-electron chi connectivity index (χ2n) is 7.52. The van der Waals surface area contributed by atoms with E-state index in [0.29, 0.717) is 17.0 Å². The normalized spacial score (nSPS) is 16.9. The number of carboxylic acid groups (broad SMARTS) is 1. The number of benzene rings is 1. The first-order valence-electron chi connectivity index (χ1n) is 9.70. The number of nitro benzene ring substituents is 1. The Bertz CT molecular complexity index is 1010. The van der Waals surface area contributed by atoms with Crippen molar-refractivity contribution in [2.45, 2.75) is 39.7 Å². The number of alkyl carbamates (subject to hydrolysis) is 1. The summed E-state index contributed by atoms with van der Waals surface area (Å²) in [4.78, 5) is 47.2. The summed E-state index contributed by atoms with van der Waals surface area (Å²) in [7, 11) is 1.19. The molecule has 1 aromatic carbocycles. The number of hydrogen-bond donors (Lipinski definition) is 3. The Morgan fingerprint density at radius 1 is 1.22 bits per heavy atom. The highest BCUT2D eigenvalue weighted by Gasteiger charge is 2.37. The summed E-state index contributed by atoms with van der Waals surface area (Å²) in [5.74, 6) is -3.38. The summed E-state index contributed by atoms with van der Waals surface area (Å²) in [5.41, 5.74) is 0.999. The van der Waals surface area contributed by atoms with Gasteiger partial charge in [-0.2, -0.15) is 0 Å². The number of nitrogens with zero attached hydrogens (tertiary/aromatic N) is 1. The van der Waals surface area contributed by atoms with E-state index in [4.69, 9.17) is 9.47 Å². The van der Waals surface area contributed by atoms with Crippen molar-refractivity contribution in [1.82, 2.24) is 10.6 Å². The number of amides is 1. The van der Waals surface area contributed by atoms with Gasteiger partial charge in [-0.15, -0.1) is 0 Å². The van der Waals surface area contributed by atoms with Crippen LogP contribution in [-0.2, 0) is 19.1 Å². The number of carbonyl (C=O) groups excluding carboxylic acids is 2. The van der Waals surface area contributed by atoms with Crippen molar-refractivity contribution < 1.29 is 33.9 Å². The first-order valence-corrected chi connectivity index (χ1v) is 9.70. The van der Waals surface area contributed by atoms with E-state index in [9.17, 15) is 29.6 Å². The van der Waals surface area contributed by atoms with Crippen LogP contribution in [0, 0.1) is 16.0 Å². The molecule has 1 amide bonds. The van der Waals surface area contributed by atoms with Gasteiger partial charge in [0.1, 0.15) is 11.8 Å². The van der Waals surface area contributed by atoms with E-state index in [0.717, 1.165) is 0 Å². The minimum atomic E-state index is -1.23. The van der Waals surface area contributed by atoms with Crippen LogP contribution in [0.3, 0.4) is 0 Å². The molecule has 0 saturated carbocycles. The number of non-ortho nitro benzene ring substituents is 1. The van der Waals surface area contributed by atoms with Gasteiger partial charge in [-0.25, -0.2) is 14.4 Å². The highest BCUT2D eigenvalue weighted by Crippen LogP contribution is 2.40. The number of allylic oxidation sites excluding steroid dienone is 3. The SMILES string of the molecule is COC(=O)C1=C(C)NC(C)=C(OC(=O)NC(C(=O)O)C(C)C)C1c1cccc([N+](=O)[O-])c1. The van der Waals surface area contributed by atoms with Crippen LogP contribution >= 0.6 is 0 Å². The molecule has 0 aliphatic carbocycles. The minimum Gasteiger partial charge on any atom is -0.480 e. The largest absolute Gasteiger partial charge is 0.480 e. The lowest BCUT2D eigenvalue weighted by atomic mass is 9.85. The highest BCUT2D eigenvalue weighted by atomic mass is 16.6. The van der Waals surface area contributed by atoms with Crippen molar-refractivity contribution in [3.05, 3.63) is 62.7 Å². The summed E-state index contributed by atoms with van der Waals surface area (Å²) in [6, 6.07) is 4.37. The maximum absolute atomic E-state index is 12.6. The van der Waals surface area contributed by atoms with Gasteiger partial charge in [-0.3, -0.25) is 10.1 Å². The number of aliphatic carboxylic acids is 1. The van der Waals surface area contributed by atoms with Gasteiger partial charge in [0.15, 0.2) is 0 Å². The van der Waals surface area contributed by atoms with Crippen LogP contribution in [0.1, 0.15) is 39.2 Å². The molecule has 3 N–H and O–H groups in total. The Kier molecular flexibility index (Phi) is 7.58. The first-order chi connectivity index (χ1) is 15.0. The monoisotopic (exact) mass is 447 g/mol. The predicted octanol–water partition coefficient (Wildman–Crippen LogP) is 2.80. The molecule has 172 valence electrons. The number of hydrogen-bond acceptors (Lipinski definition) is 8. The van der Waals surface area contributed by atoms with E-state index >= 15 is 0 Å². The lowest BCUT2D eigenvalue weighted by Crippen LogP contribution is -2.45. The molecular weight excluding hydrogens is 422 g/mol. The van der Waals surface area contributed by atoms with Gasteiger partial charge in [0.05, 0.1) is 29.2 Å². The van der Waals surface area contributed by atoms with Crippen LogP contribution in [0.15, 0.2) is 47.0 Å². The second kappa shape index (κ2) is 9.94. The van der Waals surface area contributed by atoms with E-state index in [-0.39, 0.29) is 17.0 Å². The van der Waals surface area contributed by atoms with Crippen molar-refractivity contribution in [3.8, 4) is 0 Å². The van der Waals surface area contributed by atoms with E-state index in [1.54, 1.807) is 33.8 Å². The zero-order chi connectivity index (χ0) is 24.2. The van der Waals surface area contributed by atoms with Gasteiger partial charge in [-0.1, -0.05) is 26.0 Å². The van der Waals surface area contributed by atoms with Crippen LogP contribution in [0.2, 0.25) is 0 Å². The van der Waals surface area contributed by atoms with Crippen molar-refractivity contribution >= 4 is 23.7 Å². The van der Waals surface area contributed by atoms with E-state index < -0.39 is 40.8 Å². The van der Waals surface area contributed by atoms with Crippen molar-refractivity contribution in [1.29, 1.82) is 0 Å². The molecule has 11 heteroatoms. The number of carbonyl (C=O) groups is 3. The molecule has 1 aliphatic rings. The van der Waals surface area contributed by atoms with Crippen molar-refractivity contribution in [2.75, 3.05) is 7.11 Å². The molecule has 1 aromatic rings. The molecule has 1 aliphatic heterocycles. The van der Waals surface area contributed by atoms with Crippen LogP contribution in [0.4, 0.5) is 10.5 Å². The first kappa shape index (κ1) is 24.4. The molecule has 0 radical (unpaired) electrons. The maximum atomic E-state index is 12.6. The van der Waals surface area contributed by atoms with Crippen LogP contribution < -0.4 is 10.6 Å². The quantitative estimate of drug-likeness (QED) is 0.325. The number of esters is 1. The zero-order valence-electron chi connectivity index (χ0n) is 18.3. The molecular formula is C21H25N3O8. The molecule has 2 unspecified atom stereocenters. The average Bonchev–Trinajstić information content (AvgIpc) is 2.72. The molecule has 0 saturated heterocycles. The smallest absolute Gasteiger partial charge is 0.413 e. The fraction of sp³-hybridized carbons (Fsp3) is 0.381. The van der Waals surface area contributed by atoms with Gasteiger partial charge in [-0.05, 0) is 25.3 Å². The minimum absolute atomic E-state index is 0.0121. The number of nitro groups is 1. The number of nitrogens with one attached hydrogen (secondary N) is 2. The summed E-state index contributed by atoms with van der Waals surface area (Å²) < 4.78 is 10.3. The van der Waals surface area contributed by atoms with E-state index in [2.05, 4.69) is 10.6 Å². The Balaban J connectivity index is 2.53. The Morgan fingerprint density at radius 3 is 2.41 bits per heavy atom. The molecule has 0 aromatic heterocycles. The molecule has 32 heavy (non-hydrogen) atoms. The molecule has 0 fully saturated rings. The summed E-state index contributed by atoms with van der Waals surface area (Å²) in [6.45, 7) is 6.47. The van der Waals surface area contributed by atoms with Crippen molar-refractivity contribution in [3.63, 3.8) is 0 Å². The summed E-state index contributed by atoms with van der Waals surface area (Å²) >= 11 is 0. The third-order valence-corrected chi connectivity index (χ3v) is 4.93. The highest BCUT2D eigenvalue weighted by molar-refractivity contribution is 5.92. The third kappa shape index (κ3) is 5.23. The number of methoxy groups -OCH3 is 1. The summed E-state index contributed by atoms with van der Waals surface area (Å²) in [6.07, 6.45) is -1.04. The van der Waals surface area contributed by atoms with Crippen molar-refractivity contribution in [2.24, 2.45) is 5.92 Å². The molecule has 0 spiro atoms. The zero-order valence-corrected chi connectivity index (χ0v) is 18.3. The molecule has 1 heterocycles. The average molecular weight is 447 g/mol. The topological polar surface area (TPSA) is 157 Å². The standard InChI is InChI=1S/C21H25N3O8/c1-10(2)17(19(25)26)23-21(28)32-18-12(4)22-11(3)15(20(27)31-5)16(18)13-7-6-8-14(9-13)24(29)30/h6-10,16-17,22H,1-5H3,(H,23,28)(H,25,26). The molecule has 11 nitrogen and oxygen atoms in total. The number of dihydropyridines is 1. The van der Waals surface area contributed by atoms with Crippen LogP contribution in [0.25, 0.3) is 0 Å². The Labute approximate surface area is 184 Å². The molecule has 2 atom stereocenters. The number of rotatable bonds is 7. The Hall–Kier alpha value is -3.89. The number of carboxylic acids is 1. The fourth-order valence-corrected chi connectivity index (χ4v) is 3.40. The lowest BCUT2D eigenvalue weighted by Gasteiger charge is -2.30. The lowest BCUT2D eigenvalue weighted by molar-refractivity contribution is -0.384. The summed E-state index contributed by atoms with van der Waals surface area (Å²) in [5, 5.41) is 25.8. The Morgan fingerprint density at radius 2 is 1.88 bits per heavy atom. The third-order valence-electron chi connectivity index (χ3n) is 4.93. The van der Waals surface area contributed by atoms with E-state index in [1.165, 1.54) is 25.3 Å². The van der Waals surface area contributed by atoms with Gasteiger partial charge >= 0.3 is 18.0 Å². The van der Waals surface area contributed by atoms with Gasteiger partial charge in [0, 0.05) is 17.8 Å². The maximum Gasteiger partial charge on any atom is 0.413 e. The van der Waals surface area contributed by atoms with E-state index in [1.807, 2.05) is 0 Å². The predicted molar refractivity (Wildman–Crippen MR) is 112 cm³/mol. The fourth-order valence-electron chi connectivity index (χ4n) is 3.40. The molecule has 0 bridgehead atoms. The number of ether oxygens (including phenoxy) is 2. The molecule has 2 rings (SSSR count). The van der Waals surface area contributed by atoms with Gasteiger partial charge in [0.25, 0.3) is 5.69 Å². The van der Waals surface area contributed by atoms with Crippen LogP contribution in [-0.4, -0.2) is 41.2 Å². The second-order valence-corrected chi connectivity index (χ2v) is 7.52. The van der Waals surface area contributed by atoms with Gasteiger partial charge < -0.3 is 25.2 Å². The van der Waals surface area contributed by atoms with Crippen LogP contribution in [0.5, 0.6) is 0 Å². The van der Waals surface area contributed by atoms with Gasteiger partial charge in [0.2, 0.25) is 0 Å².